The normalized spacial score (nSPS) is 19.9. The van der Waals surface area contributed by atoms with E-state index in [1.807, 2.05) is 0 Å². The summed E-state index contributed by atoms with van der Waals surface area (Å²) in [5.74, 6) is 0. The van der Waals surface area contributed by atoms with Crippen molar-refractivity contribution in [3.63, 3.8) is 0 Å². The van der Waals surface area contributed by atoms with Gasteiger partial charge in [-0.05, 0) is 31.5 Å². The molecular weight excluding hydrogens is 132 g/mol. The van der Waals surface area contributed by atoms with Gasteiger partial charge in [-0.1, -0.05) is 6.08 Å². The van der Waals surface area contributed by atoms with Crippen molar-refractivity contribution in [1.82, 2.24) is 9.21 Å². The molecule has 52 valence electrons. The molecule has 0 aromatic rings. The summed E-state index contributed by atoms with van der Waals surface area (Å²) in [6.07, 6.45) is 2.17. The van der Waals surface area contributed by atoms with Crippen LogP contribution in [0.2, 0.25) is 0 Å². The molecule has 0 fully saturated rings. The van der Waals surface area contributed by atoms with Crippen LogP contribution in [-0.2, 0) is 0 Å². The highest BCUT2D eigenvalue weighted by molar-refractivity contribution is 8.00. The molecule has 0 radical (unpaired) electrons. The molecule has 0 saturated carbocycles. The van der Waals surface area contributed by atoms with Gasteiger partial charge in [0.2, 0.25) is 0 Å². The van der Waals surface area contributed by atoms with Crippen molar-refractivity contribution in [1.29, 1.82) is 0 Å². The Morgan fingerprint density at radius 2 is 2.44 bits per heavy atom. The Morgan fingerprint density at radius 3 is 2.89 bits per heavy atom. The zero-order valence-corrected chi connectivity index (χ0v) is 6.69. The van der Waals surface area contributed by atoms with Gasteiger partial charge in [0.15, 0.2) is 0 Å². The second kappa shape index (κ2) is 3.25. The van der Waals surface area contributed by atoms with Crippen LogP contribution in [0.5, 0.6) is 0 Å². The zero-order chi connectivity index (χ0) is 6.69. The fourth-order valence-corrected chi connectivity index (χ4v) is 1.55. The van der Waals surface area contributed by atoms with Crippen LogP contribution in [0.15, 0.2) is 11.5 Å². The average molecular weight is 144 g/mol. The SMILES string of the molecule is CN(C)CN1CC=CS1. The fraction of sp³-hybridized carbons (Fsp3) is 0.667. The highest BCUT2D eigenvalue weighted by Gasteiger charge is 2.06. The molecule has 1 rings (SSSR count). The second-order valence-corrected chi connectivity index (χ2v) is 3.36. The maximum Gasteiger partial charge on any atom is 0.0607 e. The van der Waals surface area contributed by atoms with E-state index in [0.717, 1.165) is 13.2 Å². The van der Waals surface area contributed by atoms with Crippen molar-refractivity contribution < 1.29 is 0 Å². The van der Waals surface area contributed by atoms with E-state index in [9.17, 15) is 0 Å². The molecule has 0 spiro atoms. The van der Waals surface area contributed by atoms with Crippen molar-refractivity contribution >= 4 is 11.9 Å². The van der Waals surface area contributed by atoms with E-state index < -0.39 is 0 Å². The van der Waals surface area contributed by atoms with Crippen LogP contribution >= 0.6 is 11.9 Å². The molecule has 0 atom stereocenters. The predicted octanol–water partition coefficient (Wildman–Crippen LogP) is 0.983. The first kappa shape index (κ1) is 7.12. The predicted molar refractivity (Wildman–Crippen MR) is 42.0 cm³/mol. The fourth-order valence-electron chi connectivity index (χ4n) is 0.739. The molecule has 0 aliphatic carbocycles. The standard InChI is InChI=1S/C6H12N2S/c1-7(2)6-8-4-3-5-9-8/h3,5H,4,6H2,1-2H3. The Bertz CT molecular complexity index is 104. The van der Waals surface area contributed by atoms with E-state index in [-0.39, 0.29) is 0 Å². The summed E-state index contributed by atoms with van der Waals surface area (Å²) in [7, 11) is 4.16. The summed E-state index contributed by atoms with van der Waals surface area (Å²) in [5.41, 5.74) is 0. The van der Waals surface area contributed by atoms with Crippen molar-refractivity contribution in [3.05, 3.63) is 11.5 Å². The van der Waals surface area contributed by atoms with Crippen LogP contribution in [-0.4, -0.2) is 36.5 Å². The zero-order valence-electron chi connectivity index (χ0n) is 5.87. The van der Waals surface area contributed by atoms with Gasteiger partial charge in [0.05, 0.1) is 6.67 Å². The topological polar surface area (TPSA) is 6.48 Å². The van der Waals surface area contributed by atoms with Crippen molar-refractivity contribution in [2.24, 2.45) is 0 Å². The molecule has 0 unspecified atom stereocenters. The largest absolute Gasteiger partial charge is 0.296 e. The summed E-state index contributed by atoms with van der Waals surface area (Å²) in [6, 6.07) is 0. The van der Waals surface area contributed by atoms with E-state index in [4.69, 9.17) is 0 Å². The van der Waals surface area contributed by atoms with Gasteiger partial charge in [-0.3, -0.25) is 4.90 Å². The highest BCUT2D eigenvalue weighted by Crippen LogP contribution is 2.16. The Labute approximate surface area is 60.6 Å². The Balaban J connectivity index is 2.14. The van der Waals surface area contributed by atoms with Gasteiger partial charge in [-0.2, -0.15) is 0 Å². The number of nitrogens with zero attached hydrogens (tertiary/aromatic N) is 2. The highest BCUT2D eigenvalue weighted by atomic mass is 32.2. The summed E-state index contributed by atoms with van der Waals surface area (Å²) in [5, 5.41) is 2.13. The van der Waals surface area contributed by atoms with Crippen LogP contribution < -0.4 is 0 Å². The average Bonchev–Trinajstić information content (AvgIpc) is 2.15. The third kappa shape index (κ3) is 2.39. The molecule has 1 aliphatic heterocycles. The Kier molecular flexibility index (Phi) is 2.57. The summed E-state index contributed by atoms with van der Waals surface area (Å²) in [6.45, 7) is 2.13. The maximum absolute atomic E-state index is 2.29. The first-order valence-electron chi connectivity index (χ1n) is 3.00. The van der Waals surface area contributed by atoms with Crippen molar-refractivity contribution in [2.45, 2.75) is 0 Å². The lowest BCUT2D eigenvalue weighted by molar-refractivity contribution is 0.301. The van der Waals surface area contributed by atoms with Crippen LogP contribution in [0.4, 0.5) is 0 Å². The van der Waals surface area contributed by atoms with Gasteiger partial charge in [0, 0.05) is 6.54 Å². The molecule has 0 bridgehead atoms. The monoisotopic (exact) mass is 144 g/mol. The van der Waals surface area contributed by atoms with E-state index in [1.54, 1.807) is 11.9 Å². The molecule has 1 heterocycles. The van der Waals surface area contributed by atoms with Crippen LogP contribution in [0.3, 0.4) is 0 Å². The Morgan fingerprint density at radius 1 is 1.67 bits per heavy atom. The Hall–Kier alpha value is 0.01000. The maximum atomic E-state index is 2.29. The molecule has 0 amide bonds. The molecule has 0 saturated heterocycles. The molecule has 9 heavy (non-hydrogen) atoms. The molecule has 0 N–H and O–H groups in total. The minimum absolute atomic E-state index is 1.04. The van der Waals surface area contributed by atoms with Gasteiger partial charge in [0.25, 0.3) is 0 Å². The summed E-state index contributed by atoms with van der Waals surface area (Å²) < 4.78 is 2.29. The first-order valence-corrected chi connectivity index (χ1v) is 3.84. The summed E-state index contributed by atoms with van der Waals surface area (Å²) in [4.78, 5) is 2.17. The quantitative estimate of drug-likeness (QED) is 0.533. The molecule has 1 aliphatic rings. The molecular formula is C6H12N2S. The van der Waals surface area contributed by atoms with Gasteiger partial charge in [-0.25, -0.2) is 4.31 Å². The number of hydrogen-bond donors (Lipinski definition) is 0. The lowest BCUT2D eigenvalue weighted by Crippen LogP contribution is -2.26. The molecule has 0 aromatic heterocycles. The van der Waals surface area contributed by atoms with Crippen LogP contribution in [0.1, 0.15) is 0 Å². The lowest BCUT2D eigenvalue weighted by atomic mass is 10.6. The third-order valence-corrected chi connectivity index (χ3v) is 1.93. The van der Waals surface area contributed by atoms with E-state index in [0.29, 0.717) is 0 Å². The first-order chi connectivity index (χ1) is 4.29. The third-order valence-electron chi connectivity index (χ3n) is 1.06. The van der Waals surface area contributed by atoms with Crippen LogP contribution in [0, 0.1) is 0 Å². The van der Waals surface area contributed by atoms with Crippen molar-refractivity contribution in [3.8, 4) is 0 Å². The van der Waals surface area contributed by atoms with Gasteiger partial charge < -0.3 is 0 Å². The van der Waals surface area contributed by atoms with Crippen LogP contribution in [0.25, 0.3) is 0 Å². The molecule has 3 heteroatoms. The molecule has 2 nitrogen and oxygen atoms in total. The summed E-state index contributed by atoms with van der Waals surface area (Å²) >= 11 is 1.78. The second-order valence-electron chi connectivity index (χ2n) is 2.36. The van der Waals surface area contributed by atoms with Crippen molar-refractivity contribution in [2.75, 3.05) is 27.3 Å². The van der Waals surface area contributed by atoms with Gasteiger partial charge in [0.1, 0.15) is 0 Å². The van der Waals surface area contributed by atoms with E-state index >= 15 is 0 Å². The molecule has 0 aromatic carbocycles. The minimum Gasteiger partial charge on any atom is -0.296 e. The number of hydrogen-bond acceptors (Lipinski definition) is 3. The minimum atomic E-state index is 1.04. The van der Waals surface area contributed by atoms with E-state index in [2.05, 4.69) is 34.8 Å². The van der Waals surface area contributed by atoms with E-state index in [1.165, 1.54) is 0 Å². The smallest absolute Gasteiger partial charge is 0.0607 e. The van der Waals surface area contributed by atoms with Gasteiger partial charge >= 0.3 is 0 Å². The number of rotatable bonds is 2. The van der Waals surface area contributed by atoms with Gasteiger partial charge in [-0.15, -0.1) is 0 Å². The lowest BCUT2D eigenvalue weighted by Gasteiger charge is -2.17.